The van der Waals surface area contributed by atoms with Gasteiger partial charge in [0, 0.05) is 6.61 Å². The van der Waals surface area contributed by atoms with Crippen molar-refractivity contribution in [2.45, 2.75) is 37.5 Å². The van der Waals surface area contributed by atoms with Gasteiger partial charge in [0.1, 0.15) is 19.9 Å². The first-order valence-electron chi connectivity index (χ1n) is 6.23. The molecule has 0 N–H and O–H groups in total. The summed E-state index contributed by atoms with van der Waals surface area (Å²) in [4.78, 5) is 0. The van der Waals surface area contributed by atoms with Crippen LogP contribution in [0.3, 0.4) is 0 Å². The highest BCUT2D eigenvalue weighted by atomic mass is 19.4. The summed E-state index contributed by atoms with van der Waals surface area (Å²) in [6.45, 7) is -2.64. The molecular weight excluding hydrogens is 373 g/mol. The van der Waals surface area contributed by atoms with Crippen LogP contribution in [-0.4, -0.2) is 57.3 Å². The van der Waals surface area contributed by atoms with Crippen molar-refractivity contribution in [1.82, 2.24) is 0 Å². The number of alkyl halides is 11. The molecule has 0 aromatic carbocycles. The molecule has 0 unspecified atom stereocenters. The summed E-state index contributed by atoms with van der Waals surface area (Å²) in [6.07, 6.45) is -11.2. The number of ether oxygens (including phenoxy) is 2. The topological polar surface area (TPSA) is 18.5 Å². The lowest BCUT2D eigenvalue weighted by molar-refractivity contribution is -0.320. The molecule has 0 amide bonds. The van der Waals surface area contributed by atoms with Gasteiger partial charge in [0.05, 0.1) is 6.61 Å². The molecule has 0 aliphatic rings. The Labute approximate surface area is 129 Å². The molecular formula is C11H15F11O2. The summed E-state index contributed by atoms with van der Waals surface area (Å²) in [5, 5.41) is 0. The number of hydrogen-bond acceptors (Lipinski definition) is 2. The minimum absolute atomic E-state index is 0.258. The highest BCUT2D eigenvalue weighted by molar-refractivity contribution is 4.78. The molecule has 0 atom stereocenters. The third-order valence-electron chi connectivity index (χ3n) is 1.97. The van der Waals surface area contributed by atoms with E-state index >= 15 is 0 Å². The smallest absolute Gasteiger partial charge is 0.379 e. The first-order valence-corrected chi connectivity index (χ1v) is 6.23. The zero-order chi connectivity index (χ0) is 19.7. The molecule has 0 aromatic heterocycles. The molecule has 0 rings (SSSR count). The molecule has 0 aliphatic heterocycles. The summed E-state index contributed by atoms with van der Waals surface area (Å²) < 4.78 is 136. The molecule has 0 spiro atoms. The minimum Gasteiger partial charge on any atom is -0.379 e. The molecule has 2 nitrogen and oxygen atoms in total. The van der Waals surface area contributed by atoms with Crippen LogP contribution < -0.4 is 0 Å². The van der Waals surface area contributed by atoms with Gasteiger partial charge >= 0.3 is 24.2 Å². The van der Waals surface area contributed by atoms with E-state index < -0.39 is 37.4 Å². The van der Waals surface area contributed by atoms with Gasteiger partial charge < -0.3 is 9.47 Å². The number of rotatable bonds is 8. The van der Waals surface area contributed by atoms with Gasteiger partial charge in [-0.05, 0) is 6.42 Å². The van der Waals surface area contributed by atoms with Gasteiger partial charge in [0.2, 0.25) is 0 Å². The second-order valence-electron chi connectivity index (χ2n) is 4.20. The van der Waals surface area contributed by atoms with E-state index in [4.69, 9.17) is 4.74 Å². The van der Waals surface area contributed by atoms with E-state index in [1.165, 1.54) is 0 Å². The lowest BCUT2D eigenvalue weighted by atomic mass is 10.3. The fraction of sp³-hybridized carbons (Fsp3) is 1.00. The van der Waals surface area contributed by atoms with E-state index in [1.54, 1.807) is 0 Å². The van der Waals surface area contributed by atoms with Crippen LogP contribution in [-0.2, 0) is 9.47 Å². The Morgan fingerprint density at radius 3 is 1.25 bits per heavy atom. The van der Waals surface area contributed by atoms with Crippen molar-refractivity contribution in [3.8, 4) is 0 Å². The largest absolute Gasteiger partial charge is 0.455 e. The summed E-state index contributed by atoms with van der Waals surface area (Å²) in [5.74, 6) is -11.0. The lowest BCUT2D eigenvalue weighted by Gasteiger charge is -2.22. The normalized spacial score (nSPS) is 13.5. The first-order chi connectivity index (χ1) is 10.6. The van der Waals surface area contributed by atoms with Crippen molar-refractivity contribution < 1.29 is 57.8 Å². The maximum Gasteiger partial charge on any atom is 0.455 e. The van der Waals surface area contributed by atoms with Crippen LogP contribution in [0.15, 0.2) is 0 Å². The fourth-order valence-corrected chi connectivity index (χ4v) is 0.772. The van der Waals surface area contributed by atoms with Crippen molar-refractivity contribution in [2.75, 3.05) is 33.1 Å². The van der Waals surface area contributed by atoms with E-state index in [2.05, 4.69) is 4.74 Å². The summed E-state index contributed by atoms with van der Waals surface area (Å²) >= 11 is 0. The van der Waals surface area contributed by atoms with Gasteiger partial charge in [-0.3, -0.25) is 0 Å². The third-order valence-corrected chi connectivity index (χ3v) is 1.97. The summed E-state index contributed by atoms with van der Waals surface area (Å²) in [5.41, 5.74) is 0. The van der Waals surface area contributed by atoms with Crippen LogP contribution in [0.2, 0.25) is 0 Å². The highest BCUT2D eigenvalue weighted by Gasteiger charge is 2.60. The Bertz CT molecular complexity index is 295. The van der Waals surface area contributed by atoms with Crippen LogP contribution in [0, 0.1) is 0 Å². The van der Waals surface area contributed by atoms with Gasteiger partial charge in [0.15, 0.2) is 0 Å². The van der Waals surface area contributed by atoms with Gasteiger partial charge in [0.25, 0.3) is 0 Å². The predicted molar refractivity (Wildman–Crippen MR) is 59.9 cm³/mol. The van der Waals surface area contributed by atoms with Crippen molar-refractivity contribution in [3.63, 3.8) is 0 Å². The van der Waals surface area contributed by atoms with Crippen LogP contribution in [0.25, 0.3) is 0 Å². The van der Waals surface area contributed by atoms with Crippen LogP contribution in [0.4, 0.5) is 48.3 Å². The van der Waals surface area contributed by atoms with Crippen molar-refractivity contribution in [3.05, 3.63) is 0 Å². The van der Waals surface area contributed by atoms with Crippen LogP contribution in [0.1, 0.15) is 13.3 Å². The Hall–Kier alpha value is -0.850. The molecule has 24 heavy (non-hydrogen) atoms. The summed E-state index contributed by atoms with van der Waals surface area (Å²) in [6, 6.07) is 0. The Morgan fingerprint density at radius 2 is 1.00 bits per heavy atom. The Morgan fingerprint density at radius 1 is 0.625 bits per heavy atom. The quantitative estimate of drug-likeness (QED) is 0.440. The van der Waals surface area contributed by atoms with Crippen LogP contribution in [0.5, 0.6) is 0 Å². The zero-order valence-corrected chi connectivity index (χ0v) is 12.2. The Balaban J connectivity index is 0. The van der Waals surface area contributed by atoms with E-state index in [0.717, 1.165) is 6.42 Å². The number of halogens is 11. The van der Waals surface area contributed by atoms with Crippen molar-refractivity contribution >= 4 is 0 Å². The lowest BCUT2D eigenvalue weighted by Crippen LogP contribution is -2.45. The molecule has 0 aromatic rings. The van der Waals surface area contributed by atoms with E-state index in [-0.39, 0.29) is 13.3 Å². The molecule has 0 aliphatic carbocycles. The average Bonchev–Trinajstić information content (AvgIpc) is 2.37. The van der Waals surface area contributed by atoms with Crippen molar-refractivity contribution in [1.29, 1.82) is 0 Å². The maximum atomic E-state index is 12.0. The zero-order valence-electron chi connectivity index (χ0n) is 12.2. The van der Waals surface area contributed by atoms with Gasteiger partial charge in [-0.1, -0.05) is 6.92 Å². The molecule has 0 heterocycles. The molecule has 0 saturated heterocycles. The molecule has 0 radical (unpaired) electrons. The standard InChI is InChI=1S/C6H4F10O.C5H11FO/c7-3(8,5(11,12)13)1-17-2-4(9,10)6(14,15)16;1-2-4-7-5-3-6/h1-2H2;2-5H2,1H3. The van der Waals surface area contributed by atoms with Gasteiger partial charge in [-0.2, -0.15) is 43.9 Å². The van der Waals surface area contributed by atoms with E-state index in [1.807, 2.05) is 6.92 Å². The Kier molecular flexibility index (Phi) is 10.8. The first kappa shape index (κ1) is 25.4. The predicted octanol–water partition coefficient (Wildman–Crippen LogP) is 4.78. The molecule has 148 valence electrons. The molecule has 13 heteroatoms. The third kappa shape index (κ3) is 10.1. The summed E-state index contributed by atoms with van der Waals surface area (Å²) in [7, 11) is 0. The minimum atomic E-state index is -6.08. The average molecular weight is 388 g/mol. The second-order valence-corrected chi connectivity index (χ2v) is 4.20. The van der Waals surface area contributed by atoms with E-state index in [9.17, 15) is 48.3 Å². The highest BCUT2D eigenvalue weighted by Crippen LogP contribution is 2.38. The van der Waals surface area contributed by atoms with E-state index in [0.29, 0.717) is 6.61 Å². The monoisotopic (exact) mass is 388 g/mol. The van der Waals surface area contributed by atoms with Gasteiger partial charge in [-0.25, -0.2) is 4.39 Å². The van der Waals surface area contributed by atoms with Gasteiger partial charge in [-0.15, -0.1) is 0 Å². The molecule has 0 saturated carbocycles. The SMILES string of the molecule is CCCOCCF.FC(F)(F)C(F)(F)COCC(F)(F)C(F)(F)F. The van der Waals surface area contributed by atoms with Crippen LogP contribution >= 0.6 is 0 Å². The molecule has 0 bridgehead atoms. The molecule has 0 fully saturated rings. The van der Waals surface area contributed by atoms with Crippen molar-refractivity contribution in [2.24, 2.45) is 0 Å². The number of hydrogen-bond donors (Lipinski definition) is 0. The second kappa shape index (κ2) is 10.2. The fourth-order valence-electron chi connectivity index (χ4n) is 0.772. The maximum absolute atomic E-state index is 12.0.